The highest BCUT2D eigenvalue weighted by Crippen LogP contribution is 2.23. The molecule has 0 aromatic heterocycles. The molecule has 2 atom stereocenters. The number of ether oxygens (including phenoxy) is 1. The summed E-state index contributed by atoms with van der Waals surface area (Å²) in [6, 6.07) is 10.4. The smallest absolute Gasteiger partial charge is 0.249 e. The van der Waals surface area contributed by atoms with E-state index in [9.17, 15) is 4.79 Å². The van der Waals surface area contributed by atoms with Gasteiger partial charge in [-0.05, 0) is 38.9 Å². The van der Waals surface area contributed by atoms with Gasteiger partial charge in [-0.25, -0.2) is 0 Å². The van der Waals surface area contributed by atoms with Crippen molar-refractivity contribution in [1.29, 1.82) is 0 Å². The van der Waals surface area contributed by atoms with Crippen molar-refractivity contribution in [2.45, 2.75) is 57.2 Å². The van der Waals surface area contributed by atoms with Gasteiger partial charge < -0.3 is 15.0 Å². The van der Waals surface area contributed by atoms with Crippen LogP contribution in [0.4, 0.5) is 0 Å². The molecule has 1 saturated carbocycles. The molecule has 1 aliphatic rings. The number of amides is 1. The maximum Gasteiger partial charge on any atom is 0.249 e. The number of nitrogens with zero attached hydrogens (tertiary/aromatic N) is 1. The van der Waals surface area contributed by atoms with Gasteiger partial charge >= 0.3 is 0 Å². The highest BCUT2D eigenvalue weighted by atomic mass is 16.5. The molecule has 1 fully saturated rings. The summed E-state index contributed by atoms with van der Waals surface area (Å²) in [6.45, 7) is 3.57. The molecular formula is C20H32N2O2. The van der Waals surface area contributed by atoms with E-state index < -0.39 is 0 Å². The number of carbonyl (C=O) groups is 1. The van der Waals surface area contributed by atoms with Gasteiger partial charge in [0.1, 0.15) is 6.10 Å². The third-order valence-corrected chi connectivity index (χ3v) is 4.70. The van der Waals surface area contributed by atoms with Gasteiger partial charge in [-0.2, -0.15) is 0 Å². The van der Waals surface area contributed by atoms with Crippen molar-refractivity contribution in [2.75, 3.05) is 27.2 Å². The molecule has 24 heavy (non-hydrogen) atoms. The molecule has 4 heteroatoms. The largest absolute Gasteiger partial charge is 0.365 e. The predicted octanol–water partition coefficient (Wildman–Crippen LogP) is 3.19. The summed E-state index contributed by atoms with van der Waals surface area (Å²) in [6.07, 6.45) is 5.32. The fourth-order valence-corrected chi connectivity index (χ4v) is 3.39. The second-order valence-electron chi connectivity index (χ2n) is 7.05. The van der Waals surface area contributed by atoms with E-state index in [4.69, 9.17) is 4.74 Å². The first-order chi connectivity index (χ1) is 11.6. The quantitative estimate of drug-likeness (QED) is 0.755. The van der Waals surface area contributed by atoms with Crippen molar-refractivity contribution in [3.63, 3.8) is 0 Å². The summed E-state index contributed by atoms with van der Waals surface area (Å²) in [5.74, 6) is 0.318. The highest BCUT2D eigenvalue weighted by Gasteiger charge is 2.25. The van der Waals surface area contributed by atoms with Gasteiger partial charge in [0.05, 0.1) is 6.10 Å². The van der Waals surface area contributed by atoms with Crippen LogP contribution in [0.15, 0.2) is 30.3 Å². The molecule has 0 spiro atoms. The van der Waals surface area contributed by atoms with Gasteiger partial charge in [0, 0.05) is 19.0 Å². The minimum atomic E-state index is -0.316. The van der Waals surface area contributed by atoms with Crippen LogP contribution in [0.1, 0.15) is 50.5 Å². The number of hydrogen-bond donors (Lipinski definition) is 1. The van der Waals surface area contributed by atoms with E-state index in [1.54, 1.807) is 0 Å². The lowest BCUT2D eigenvalue weighted by Crippen LogP contribution is -2.41. The zero-order valence-electron chi connectivity index (χ0n) is 15.3. The van der Waals surface area contributed by atoms with E-state index >= 15 is 0 Å². The van der Waals surface area contributed by atoms with Crippen molar-refractivity contribution in [3.05, 3.63) is 35.9 Å². The van der Waals surface area contributed by atoms with E-state index in [1.165, 1.54) is 18.4 Å². The van der Waals surface area contributed by atoms with Gasteiger partial charge in [-0.15, -0.1) is 0 Å². The number of likely N-dealkylation sites (N-methyl/N-ethyl adjacent to an activating group) is 1. The van der Waals surface area contributed by atoms with Gasteiger partial charge in [-0.3, -0.25) is 4.79 Å². The summed E-state index contributed by atoms with van der Waals surface area (Å²) < 4.78 is 6.02. The van der Waals surface area contributed by atoms with Gasteiger partial charge in [0.25, 0.3) is 0 Å². The first kappa shape index (κ1) is 18.9. The highest BCUT2D eigenvalue weighted by molar-refractivity contribution is 5.80. The number of hydrogen-bond acceptors (Lipinski definition) is 3. The van der Waals surface area contributed by atoms with E-state index in [1.807, 2.05) is 13.0 Å². The average molecular weight is 332 g/mol. The second-order valence-corrected chi connectivity index (χ2v) is 7.05. The summed E-state index contributed by atoms with van der Waals surface area (Å²) in [5, 5.41) is 3.12. The third-order valence-electron chi connectivity index (χ3n) is 4.70. The molecule has 2 rings (SSSR count). The van der Waals surface area contributed by atoms with Crippen molar-refractivity contribution in [3.8, 4) is 0 Å². The molecule has 4 nitrogen and oxygen atoms in total. The summed E-state index contributed by atoms with van der Waals surface area (Å²) in [7, 11) is 4.13. The number of benzene rings is 1. The maximum atomic E-state index is 12.5. The first-order valence-corrected chi connectivity index (χ1v) is 9.23. The minimum absolute atomic E-state index is 0.0316. The summed E-state index contributed by atoms with van der Waals surface area (Å²) in [5.41, 5.74) is 1.26. The van der Waals surface area contributed by atoms with E-state index in [0.29, 0.717) is 6.54 Å². The Kier molecular flexibility index (Phi) is 7.73. The maximum absolute atomic E-state index is 12.5. The molecule has 1 N–H and O–H groups in total. The Hall–Kier alpha value is -1.39. The second kappa shape index (κ2) is 9.80. The van der Waals surface area contributed by atoms with Crippen molar-refractivity contribution >= 4 is 5.91 Å². The topological polar surface area (TPSA) is 41.6 Å². The Morgan fingerprint density at radius 3 is 2.50 bits per heavy atom. The summed E-state index contributed by atoms with van der Waals surface area (Å²) in [4.78, 5) is 14.7. The molecule has 1 aromatic carbocycles. The number of rotatable bonds is 9. The van der Waals surface area contributed by atoms with Crippen LogP contribution >= 0.6 is 0 Å². The van der Waals surface area contributed by atoms with Crippen molar-refractivity contribution in [1.82, 2.24) is 10.2 Å². The zero-order valence-corrected chi connectivity index (χ0v) is 15.3. The van der Waals surface area contributed by atoms with E-state index in [0.717, 1.165) is 25.8 Å². The van der Waals surface area contributed by atoms with Gasteiger partial charge in [0.2, 0.25) is 5.91 Å². The molecule has 134 valence electrons. The Labute approximate surface area is 146 Å². The Bertz CT molecular complexity index is 484. The molecule has 1 aromatic rings. The van der Waals surface area contributed by atoms with Crippen LogP contribution in [-0.4, -0.2) is 50.2 Å². The third kappa shape index (κ3) is 5.91. The van der Waals surface area contributed by atoms with Crippen molar-refractivity contribution in [2.24, 2.45) is 0 Å². The van der Waals surface area contributed by atoms with Crippen LogP contribution in [-0.2, 0) is 9.53 Å². The average Bonchev–Trinajstić information content (AvgIpc) is 3.09. The molecule has 0 aliphatic heterocycles. The number of carbonyl (C=O) groups excluding carboxylic acids is 1. The zero-order chi connectivity index (χ0) is 17.4. The fraction of sp³-hybridized carbons (Fsp3) is 0.650. The van der Waals surface area contributed by atoms with Gasteiger partial charge in [-0.1, -0.05) is 50.1 Å². The summed E-state index contributed by atoms with van der Waals surface area (Å²) >= 11 is 0. The molecule has 0 heterocycles. The molecule has 0 bridgehead atoms. The van der Waals surface area contributed by atoms with E-state index in [-0.39, 0.29) is 24.0 Å². The Morgan fingerprint density at radius 2 is 1.92 bits per heavy atom. The van der Waals surface area contributed by atoms with Crippen LogP contribution in [0.2, 0.25) is 0 Å². The minimum Gasteiger partial charge on any atom is -0.365 e. The lowest BCUT2D eigenvalue weighted by molar-refractivity contribution is -0.136. The molecular weight excluding hydrogens is 300 g/mol. The number of nitrogens with one attached hydrogen (secondary N) is 1. The van der Waals surface area contributed by atoms with Crippen LogP contribution in [0.3, 0.4) is 0 Å². The monoisotopic (exact) mass is 332 g/mol. The lowest BCUT2D eigenvalue weighted by atomic mass is 9.98. The van der Waals surface area contributed by atoms with Crippen LogP contribution in [0.25, 0.3) is 0 Å². The predicted molar refractivity (Wildman–Crippen MR) is 98.2 cm³/mol. The normalized spacial score (nSPS) is 17.8. The Balaban J connectivity index is 1.90. The van der Waals surface area contributed by atoms with Crippen LogP contribution in [0.5, 0.6) is 0 Å². The van der Waals surface area contributed by atoms with Gasteiger partial charge in [0.15, 0.2) is 0 Å². The molecule has 0 radical (unpaired) electrons. The van der Waals surface area contributed by atoms with Crippen LogP contribution < -0.4 is 5.32 Å². The molecule has 0 saturated heterocycles. The molecule has 0 unspecified atom stereocenters. The fourth-order valence-electron chi connectivity index (χ4n) is 3.39. The van der Waals surface area contributed by atoms with Crippen molar-refractivity contribution < 1.29 is 9.53 Å². The Morgan fingerprint density at radius 1 is 1.25 bits per heavy atom. The molecule has 1 amide bonds. The standard InChI is InChI=1S/C20H32N2O2/c1-4-19(24-18-12-8-9-13-18)20(23)21-14-17(15-22(2)3)16-10-6-5-7-11-16/h5-7,10-11,17-19H,4,8-9,12-15H2,1-3H3,(H,21,23)/t17-,19-/m0/s1. The first-order valence-electron chi connectivity index (χ1n) is 9.23. The molecule has 1 aliphatic carbocycles. The van der Waals surface area contributed by atoms with E-state index in [2.05, 4.69) is 48.6 Å². The SMILES string of the molecule is CC[C@H](OC1CCCC1)C(=O)NC[C@@H](CN(C)C)c1ccccc1. The van der Waals surface area contributed by atoms with Crippen LogP contribution in [0, 0.1) is 0 Å². The lowest BCUT2D eigenvalue weighted by Gasteiger charge is -2.24.